The molecule has 1 heterocycles. The summed E-state index contributed by atoms with van der Waals surface area (Å²) in [7, 11) is 1.68. The summed E-state index contributed by atoms with van der Waals surface area (Å²) in [5, 5.41) is 0. The molecule has 6 heteroatoms. The van der Waals surface area contributed by atoms with E-state index >= 15 is 0 Å². The lowest BCUT2D eigenvalue weighted by atomic mass is 9.77. The van der Waals surface area contributed by atoms with Crippen LogP contribution in [0.3, 0.4) is 0 Å². The Morgan fingerprint density at radius 3 is 2.59 bits per heavy atom. The van der Waals surface area contributed by atoms with Crippen LogP contribution in [0.1, 0.15) is 50.5 Å². The average Bonchev–Trinajstić information content (AvgIpc) is 3.19. The predicted octanol–water partition coefficient (Wildman–Crippen LogP) is 3.29. The molecule has 2 aliphatic rings. The first kappa shape index (κ1) is 22.0. The summed E-state index contributed by atoms with van der Waals surface area (Å²) in [5.41, 5.74) is 6.26. The zero-order valence-corrected chi connectivity index (χ0v) is 17.1. The van der Waals surface area contributed by atoms with Crippen molar-refractivity contribution < 1.29 is 14.3 Å². The number of ether oxygens (including phenoxy) is 2. The Hall–Kier alpha value is -1.30. The van der Waals surface area contributed by atoms with Gasteiger partial charge in [-0.15, -0.1) is 12.4 Å². The lowest BCUT2D eigenvalue weighted by Gasteiger charge is -2.38. The molecule has 1 aromatic carbocycles. The van der Waals surface area contributed by atoms with Crippen molar-refractivity contribution in [2.45, 2.75) is 56.5 Å². The topological polar surface area (TPSA) is 64.8 Å². The number of piperidine rings is 1. The zero-order chi connectivity index (χ0) is 18.4. The number of likely N-dealkylation sites (tertiary alicyclic amines) is 1. The van der Waals surface area contributed by atoms with E-state index in [4.69, 9.17) is 15.2 Å². The SMILES string of the molecule is COc1cccc(C2(C(=O)N3CCC(OCCCN)CC3)CCCC2)c1.Cl. The number of carbonyl (C=O) groups excluding carboxylic acids is 1. The maximum Gasteiger partial charge on any atom is 0.233 e. The predicted molar refractivity (Wildman–Crippen MR) is 110 cm³/mol. The van der Waals surface area contributed by atoms with E-state index in [-0.39, 0.29) is 23.9 Å². The van der Waals surface area contributed by atoms with E-state index in [9.17, 15) is 4.79 Å². The molecule has 3 rings (SSSR count). The van der Waals surface area contributed by atoms with Gasteiger partial charge in [-0.1, -0.05) is 25.0 Å². The highest BCUT2D eigenvalue weighted by Gasteiger charge is 2.45. The van der Waals surface area contributed by atoms with Crippen LogP contribution >= 0.6 is 12.4 Å². The van der Waals surface area contributed by atoms with Crippen LogP contribution in [-0.2, 0) is 14.9 Å². The van der Waals surface area contributed by atoms with Crippen molar-refractivity contribution >= 4 is 18.3 Å². The van der Waals surface area contributed by atoms with Crippen molar-refractivity contribution in [2.24, 2.45) is 5.73 Å². The second-order valence-corrected chi connectivity index (χ2v) is 7.53. The molecule has 1 saturated heterocycles. The van der Waals surface area contributed by atoms with Crippen LogP contribution in [0.15, 0.2) is 24.3 Å². The van der Waals surface area contributed by atoms with Crippen LogP contribution in [0.5, 0.6) is 5.75 Å². The number of benzene rings is 1. The molecule has 27 heavy (non-hydrogen) atoms. The van der Waals surface area contributed by atoms with Crippen molar-refractivity contribution in [1.82, 2.24) is 4.90 Å². The van der Waals surface area contributed by atoms with Gasteiger partial charge >= 0.3 is 0 Å². The molecular weight excluding hydrogens is 364 g/mol. The molecule has 1 aromatic rings. The van der Waals surface area contributed by atoms with Crippen LogP contribution < -0.4 is 10.5 Å². The minimum absolute atomic E-state index is 0. The second kappa shape index (κ2) is 10.3. The van der Waals surface area contributed by atoms with Crippen molar-refractivity contribution in [1.29, 1.82) is 0 Å². The molecule has 1 aliphatic carbocycles. The maximum absolute atomic E-state index is 13.5. The first-order valence-electron chi connectivity index (χ1n) is 9.95. The lowest BCUT2D eigenvalue weighted by Crippen LogP contribution is -2.49. The van der Waals surface area contributed by atoms with Crippen molar-refractivity contribution in [3.63, 3.8) is 0 Å². The molecule has 0 spiro atoms. The molecule has 0 atom stereocenters. The number of hydrogen-bond acceptors (Lipinski definition) is 4. The van der Waals surface area contributed by atoms with E-state index in [0.29, 0.717) is 12.5 Å². The molecule has 1 amide bonds. The number of amides is 1. The van der Waals surface area contributed by atoms with Gasteiger partial charge in [0, 0.05) is 19.7 Å². The van der Waals surface area contributed by atoms with Gasteiger partial charge in [0.1, 0.15) is 5.75 Å². The number of hydrogen-bond donors (Lipinski definition) is 1. The van der Waals surface area contributed by atoms with Gasteiger partial charge in [0.15, 0.2) is 0 Å². The Bertz CT molecular complexity index is 597. The molecule has 2 N–H and O–H groups in total. The third-order valence-electron chi connectivity index (χ3n) is 5.92. The van der Waals surface area contributed by atoms with Crippen molar-refractivity contribution in [3.8, 4) is 5.75 Å². The third-order valence-corrected chi connectivity index (χ3v) is 5.92. The van der Waals surface area contributed by atoms with Gasteiger partial charge in [-0.25, -0.2) is 0 Å². The average molecular weight is 397 g/mol. The molecule has 152 valence electrons. The summed E-state index contributed by atoms with van der Waals surface area (Å²) in [4.78, 5) is 15.6. The molecule has 0 bridgehead atoms. The smallest absolute Gasteiger partial charge is 0.233 e. The highest BCUT2D eigenvalue weighted by molar-refractivity contribution is 5.89. The van der Waals surface area contributed by atoms with Crippen molar-refractivity contribution in [3.05, 3.63) is 29.8 Å². The number of nitrogens with two attached hydrogens (primary N) is 1. The van der Waals surface area contributed by atoms with E-state index in [2.05, 4.69) is 11.0 Å². The van der Waals surface area contributed by atoms with Crippen LogP contribution in [-0.4, -0.2) is 50.3 Å². The van der Waals surface area contributed by atoms with Gasteiger partial charge in [-0.3, -0.25) is 4.79 Å². The standard InChI is InChI=1S/C21H32N2O3.ClH/c1-25-19-7-4-6-17(16-19)21(10-2-3-11-21)20(24)23-13-8-18(9-14-23)26-15-5-12-22;/h4,6-7,16,18H,2-3,5,8-15,22H2,1H3;1H. The summed E-state index contributed by atoms with van der Waals surface area (Å²) in [6, 6.07) is 8.08. The summed E-state index contributed by atoms with van der Waals surface area (Å²) >= 11 is 0. The Kier molecular flexibility index (Phi) is 8.39. The Morgan fingerprint density at radius 1 is 1.26 bits per heavy atom. The summed E-state index contributed by atoms with van der Waals surface area (Å²) in [6.45, 7) is 2.97. The molecular formula is C21H33ClN2O3. The lowest BCUT2D eigenvalue weighted by molar-refractivity contribution is -0.140. The van der Waals surface area contributed by atoms with E-state index in [1.165, 1.54) is 0 Å². The number of halogens is 1. The number of nitrogens with zero attached hydrogens (tertiary/aromatic N) is 1. The fraction of sp³-hybridized carbons (Fsp3) is 0.667. The first-order valence-corrected chi connectivity index (χ1v) is 9.95. The van der Waals surface area contributed by atoms with E-state index in [1.807, 2.05) is 18.2 Å². The normalized spacial score (nSPS) is 19.6. The Labute approximate surface area is 169 Å². The highest BCUT2D eigenvalue weighted by Crippen LogP contribution is 2.44. The number of methoxy groups -OCH3 is 1. The minimum atomic E-state index is -0.373. The summed E-state index contributed by atoms with van der Waals surface area (Å²) < 4.78 is 11.3. The van der Waals surface area contributed by atoms with Crippen LogP contribution in [0.25, 0.3) is 0 Å². The number of rotatable bonds is 7. The molecule has 1 saturated carbocycles. The van der Waals surface area contributed by atoms with Gasteiger partial charge in [0.2, 0.25) is 5.91 Å². The first-order chi connectivity index (χ1) is 12.7. The third kappa shape index (κ3) is 4.95. The van der Waals surface area contributed by atoms with E-state index < -0.39 is 0 Å². The Balaban J connectivity index is 0.00000261. The molecule has 0 unspecified atom stereocenters. The molecule has 0 aromatic heterocycles. The summed E-state index contributed by atoms with van der Waals surface area (Å²) in [6.07, 6.45) is 7.11. The monoisotopic (exact) mass is 396 g/mol. The molecule has 5 nitrogen and oxygen atoms in total. The van der Waals surface area contributed by atoms with Gasteiger partial charge in [0.05, 0.1) is 18.6 Å². The van der Waals surface area contributed by atoms with E-state index in [0.717, 1.165) is 76.0 Å². The van der Waals surface area contributed by atoms with Crippen molar-refractivity contribution in [2.75, 3.05) is 33.4 Å². The van der Waals surface area contributed by atoms with Gasteiger partial charge in [0.25, 0.3) is 0 Å². The molecule has 2 fully saturated rings. The maximum atomic E-state index is 13.5. The second-order valence-electron chi connectivity index (χ2n) is 7.53. The summed E-state index contributed by atoms with van der Waals surface area (Å²) in [5.74, 6) is 1.12. The quantitative estimate of drug-likeness (QED) is 0.718. The van der Waals surface area contributed by atoms with Gasteiger partial charge in [-0.2, -0.15) is 0 Å². The molecule has 0 radical (unpaired) electrons. The van der Waals surface area contributed by atoms with Crippen LogP contribution in [0.4, 0.5) is 0 Å². The fourth-order valence-corrected chi connectivity index (χ4v) is 4.39. The number of carbonyl (C=O) groups is 1. The Morgan fingerprint density at radius 2 is 1.96 bits per heavy atom. The van der Waals surface area contributed by atoms with Crippen LogP contribution in [0, 0.1) is 0 Å². The molecule has 1 aliphatic heterocycles. The largest absolute Gasteiger partial charge is 0.497 e. The zero-order valence-electron chi connectivity index (χ0n) is 16.3. The minimum Gasteiger partial charge on any atom is -0.497 e. The van der Waals surface area contributed by atoms with Gasteiger partial charge in [-0.05, 0) is 56.3 Å². The van der Waals surface area contributed by atoms with E-state index in [1.54, 1.807) is 7.11 Å². The highest BCUT2D eigenvalue weighted by atomic mass is 35.5. The van der Waals surface area contributed by atoms with Gasteiger partial charge < -0.3 is 20.1 Å². The fourth-order valence-electron chi connectivity index (χ4n) is 4.39. The van der Waals surface area contributed by atoms with Crippen LogP contribution in [0.2, 0.25) is 0 Å².